The number of amides is 2. The molecule has 0 aliphatic rings. The molecule has 0 saturated carbocycles. The van der Waals surface area contributed by atoms with Crippen LogP contribution in [0.5, 0.6) is 0 Å². The van der Waals surface area contributed by atoms with Crippen molar-refractivity contribution in [3.63, 3.8) is 0 Å². The molecule has 0 atom stereocenters. The summed E-state index contributed by atoms with van der Waals surface area (Å²) < 4.78 is 5.66. The quantitative estimate of drug-likeness (QED) is 0.402. The monoisotopic (exact) mass is 447 g/mol. The Bertz CT molecular complexity index is 1200. The van der Waals surface area contributed by atoms with E-state index in [0.29, 0.717) is 36.2 Å². The van der Waals surface area contributed by atoms with Gasteiger partial charge in [-0.3, -0.25) is 9.59 Å². The van der Waals surface area contributed by atoms with Gasteiger partial charge in [-0.05, 0) is 30.7 Å². The predicted octanol–water partition coefficient (Wildman–Crippen LogP) is 4.78. The zero-order valence-electron chi connectivity index (χ0n) is 17.4. The highest BCUT2D eigenvalue weighted by atomic mass is 32.1. The number of anilines is 2. The molecular weight excluding hydrogens is 426 g/mol. The van der Waals surface area contributed by atoms with Gasteiger partial charge in [0.25, 0.3) is 0 Å². The molecule has 0 radical (unpaired) electrons. The van der Waals surface area contributed by atoms with Crippen LogP contribution in [0.25, 0.3) is 22.7 Å². The summed E-state index contributed by atoms with van der Waals surface area (Å²) in [6.07, 6.45) is 1.44. The van der Waals surface area contributed by atoms with Crippen LogP contribution in [0, 0.1) is 0 Å². The molecule has 0 spiro atoms. The highest BCUT2D eigenvalue weighted by Gasteiger charge is 2.11. The summed E-state index contributed by atoms with van der Waals surface area (Å²) in [6, 6.07) is 16.9. The van der Waals surface area contributed by atoms with Crippen molar-refractivity contribution in [2.45, 2.75) is 26.2 Å². The highest BCUT2D eigenvalue weighted by Crippen LogP contribution is 2.26. The Morgan fingerprint density at radius 3 is 2.50 bits per heavy atom. The van der Waals surface area contributed by atoms with Crippen molar-refractivity contribution in [1.29, 1.82) is 0 Å². The second kappa shape index (κ2) is 9.97. The number of carbonyl (C=O) groups is 2. The first-order valence-electron chi connectivity index (χ1n) is 10.1. The lowest BCUT2D eigenvalue weighted by Crippen LogP contribution is -2.11. The third-order valence-electron chi connectivity index (χ3n) is 4.53. The third kappa shape index (κ3) is 5.64. The van der Waals surface area contributed by atoms with Crippen molar-refractivity contribution in [3.05, 3.63) is 65.9 Å². The van der Waals surface area contributed by atoms with Crippen LogP contribution in [0.4, 0.5) is 10.8 Å². The SMILES string of the molecule is CC(=O)Nc1ccc(-c2csc(NC(=O)CCCc3nnc(-c4ccccc4)o3)n2)cc1. The van der Waals surface area contributed by atoms with E-state index in [1.165, 1.54) is 18.3 Å². The van der Waals surface area contributed by atoms with Gasteiger partial charge in [-0.2, -0.15) is 0 Å². The molecule has 2 N–H and O–H groups in total. The van der Waals surface area contributed by atoms with Crippen LogP contribution in [0.3, 0.4) is 0 Å². The summed E-state index contributed by atoms with van der Waals surface area (Å²) in [5, 5.41) is 16.1. The van der Waals surface area contributed by atoms with Gasteiger partial charge in [-0.25, -0.2) is 4.98 Å². The Labute approximate surface area is 188 Å². The molecule has 32 heavy (non-hydrogen) atoms. The lowest BCUT2D eigenvalue weighted by Gasteiger charge is -2.03. The Morgan fingerprint density at radius 2 is 1.75 bits per heavy atom. The first-order chi connectivity index (χ1) is 15.6. The smallest absolute Gasteiger partial charge is 0.247 e. The summed E-state index contributed by atoms with van der Waals surface area (Å²) in [6.45, 7) is 1.47. The van der Waals surface area contributed by atoms with Crippen LogP contribution in [-0.2, 0) is 16.0 Å². The van der Waals surface area contributed by atoms with E-state index in [0.717, 1.165) is 22.5 Å². The number of nitrogens with zero attached hydrogens (tertiary/aromatic N) is 3. The number of carbonyl (C=O) groups excluding carboxylic acids is 2. The van der Waals surface area contributed by atoms with E-state index >= 15 is 0 Å². The fraction of sp³-hybridized carbons (Fsp3) is 0.174. The zero-order valence-corrected chi connectivity index (χ0v) is 18.2. The first-order valence-corrected chi connectivity index (χ1v) is 11.0. The maximum absolute atomic E-state index is 12.3. The predicted molar refractivity (Wildman–Crippen MR) is 123 cm³/mol. The van der Waals surface area contributed by atoms with E-state index < -0.39 is 0 Å². The minimum absolute atomic E-state index is 0.116. The second-order valence-electron chi connectivity index (χ2n) is 7.07. The van der Waals surface area contributed by atoms with Crippen molar-refractivity contribution in [1.82, 2.24) is 15.2 Å². The average molecular weight is 448 g/mol. The van der Waals surface area contributed by atoms with Crippen LogP contribution in [0.15, 0.2) is 64.4 Å². The zero-order chi connectivity index (χ0) is 22.3. The van der Waals surface area contributed by atoms with E-state index in [2.05, 4.69) is 25.8 Å². The van der Waals surface area contributed by atoms with Crippen molar-refractivity contribution >= 4 is 34.0 Å². The number of hydrogen-bond donors (Lipinski definition) is 2. The van der Waals surface area contributed by atoms with Gasteiger partial charge in [0.15, 0.2) is 5.13 Å². The molecule has 0 unspecified atom stereocenters. The van der Waals surface area contributed by atoms with Crippen molar-refractivity contribution in [3.8, 4) is 22.7 Å². The maximum atomic E-state index is 12.3. The number of rotatable bonds is 8. The molecule has 0 aliphatic heterocycles. The lowest BCUT2D eigenvalue weighted by molar-refractivity contribution is -0.116. The lowest BCUT2D eigenvalue weighted by atomic mass is 10.1. The van der Waals surface area contributed by atoms with Gasteiger partial charge in [0, 0.05) is 42.0 Å². The number of nitrogens with one attached hydrogen (secondary N) is 2. The van der Waals surface area contributed by atoms with Gasteiger partial charge in [-0.1, -0.05) is 30.3 Å². The van der Waals surface area contributed by atoms with Crippen molar-refractivity contribution in [2.75, 3.05) is 10.6 Å². The summed E-state index contributed by atoms with van der Waals surface area (Å²) in [7, 11) is 0. The normalized spacial score (nSPS) is 10.7. The van der Waals surface area contributed by atoms with E-state index in [9.17, 15) is 9.59 Å². The van der Waals surface area contributed by atoms with Crippen LogP contribution < -0.4 is 10.6 Å². The fourth-order valence-corrected chi connectivity index (χ4v) is 3.76. The molecule has 4 rings (SSSR count). The van der Waals surface area contributed by atoms with Crippen molar-refractivity contribution in [2.24, 2.45) is 0 Å². The molecule has 2 aromatic carbocycles. The Balaban J connectivity index is 1.26. The largest absolute Gasteiger partial charge is 0.421 e. The highest BCUT2D eigenvalue weighted by molar-refractivity contribution is 7.14. The summed E-state index contributed by atoms with van der Waals surface area (Å²) in [5.74, 6) is 0.753. The number of aromatic nitrogens is 3. The molecule has 0 fully saturated rings. The molecule has 2 amide bonds. The molecule has 2 heterocycles. The summed E-state index contributed by atoms with van der Waals surface area (Å²) >= 11 is 1.36. The third-order valence-corrected chi connectivity index (χ3v) is 5.29. The minimum Gasteiger partial charge on any atom is -0.421 e. The first kappa shape index (κ1) is 21.4. The van der Waals surface area contributed by atoms with E-state index in [1.807, 2.05) is 60.0 Å². The molecule has 8 nitrogen and oxygen atoms in total. The van der Waals surface area contributed by atoms with Crippen LogP contribution in [0.2, 0.25) is 0 Å². The number of thiazole rings is 1. The van der Waals surface area contributed by atoms with Gasteiger partial charge in [0.1, 0.15) is 0 Å². The summed E-state index contributed by atoms with van der Waals surface area (Å²) in [4.78, 5) is 27.9. The Hall–Kier alpha value is -3.85. The van der Waals surface area contributed by atoms with Crippen LogP contribution >= 0.6 is 11.3 Å². The Morgan fingerprint density at radius 1 is 0.969 bits per heavy atom. The maximum Gasteiger partial charge on any atom is 0.247 e. The van der Waals surface area contributed by atoms with Gasteiger partial charge in [0.05, 0.1) is 5.69 Å². The molecular formula is C23H21N5O3S. The average Bonchev–Trinajstić information content (AvgIpc) is 3.44. The molecule has 9 heteroatoms. The second-order valence-corrected chi connectivity index (χ2v) is 7.92. The number of hydrogen-bond acceptors (Lipinski definition) is 7. The minimum atomic E-state index is -0.118. The van der Waals surface area contributed by atoms with Gasteiger partial charge in [-0.15, -0.1) is 21.5 Å². The van der Waals surface area contributed by atoms with E-state index in [1.54, 1.807) is 0 Å². The topological polar surface area (TPSA) is 110 Å². The standard InChI is InChI=1S/C23H21N5O3S/c1-15(29)24-18-12-10-16(11-13-18)19-14-32-23(25-19)26-20(30)8-5-9-21-27-28-22(31-21)17-6-3-2-4-7-17/h2-4,6-7,10-14H,5,8-9H2,1H3,(H,24,29)(H,25,26,30). The van der Waals surface area contributed by atoms with Gasteiger partial charge in [0.2, 0.25) is 23.6 Å². The van der Waals surface area contributed by atoms with E-state index in [-0.39, 0.29) is 11.8 Å². The molecule has 0 bridgehead atoms. The molecule has 4 aromatic rings. The van der Waals surface area contributed by atoms with E-state index in [4.69, 9.17) is 4.42 Å². The summed E-state index contributed by atoms with van der Waals surface area (Å²) in [5.41, 5.74) is 3.26. The number of benzene rings is 2. The van der Waals surface area contributed by atoms with Crippen molar-refractivity contribution < 1.29 is 14.0 Å². The number of aryl methyl sites for hydroxylation is 1. The molecule has 0 saturated heterocycles. The molecule has 162 valence electrons. The molecule has 0 aliphatic carbocycles. The van der Waals surface area contributed by atoms with Crippen LogP contribution in [-0.4, -0.2) is 27.0 Å². The Kier molecular flexibility index (Phi) is 6.66. The van der Waals surface area contributed by atoms with Crippen LogP contribution in [0.1, 0.15) is 25.7 Å². The molecule has 2 aromatic heterocycles. The van der Waals surface area contributed by atoms with Gasteiger partial charge < -0.3 is 15.1 Å². The fourth-order valence-electron chi connectivity index (χ4n) is 3.03. The van der Waals surface area contributed by atoms with Gasteiger partial charge >= 0.3 is 0 Å².